The fourth-order valence-electron chi connectivity index (χ4n) is 3.74. The molecule has 0 spiro atoms. The number of hydrogen-bond donors (Lipinski definition) is 0. The lowest BCUT2D eigenvalue weighted by Crippen LogP contribution is -2.13. The lowest BCUT2D eigenvalue weighted by molar-refractivity contribution is 0.109. The van der Waals surface area contributed by atoms with Crippen molar-refractivity contribution in [3.05, 3.63) is 72.8 Å². The minimum Gasteiger partial charge on any atom is -0.430 e. The summed E-state index contributed by atoms with van der Waals surface area (Å²) in [6.45, 7) is 4.53. The molecule has 0 unspecified atom stereocenters. The molecule has 0 aliphatic rings. The van der Waals surface area contributed by atoms with Crippen LogP contribution >= 0.6 is 0 Å². The summed E-state index contributed by atoms with van der Waals surface area (Å²) in [7, 11) is 0. The molecule has 6 nitrogen and oxygen atoms in total. The minimum absolute atomic E-state index is 0.137. The van der Waals surface area contributed by atoms with Crippen molar-refractivity contribution in [2.75, 3.05) is 13.2 Å². The van der Waals surface area contributed by atoms with Gasteiger partial charge in [0.1, 0.15) is 24.7 Å². The molecule has 0 aromatic heterocycles. The summed E-state index contributed by atoms with van der Waals surface area (Å²) in [6, 6.07) is 14.6. The van der Waals surface area contributed by atoms with E-state index >= 15 is 0 Å². The number of fused-ring (bicyclic) bond motifs is 2. The second-order valence-electron chi connectivity index (χ2n) is 8.30. The molecule has 0 atom stereocenters. The first-order valence-electron chi connectivity index (χ1n) is 12.6. The van der Waals surface area contributed by atoms with Crippen LogP contribution in [0.1, 0.15) is 52.4 Å². The van der Waals surface area contributed by atoms with Crippen LogP contribution in [0.2, 0.25) is 0 Å². The van der Waals surface area contributed by atoms with Crippen molar-refractivity contribution in [3.63, 3.8) is 0 Å². The molecule has 36 heavy (non-hydrogen) atoms. The number of benzene rings is 3. The van der Waals surface area contributed by atoms with Gasteiger partial charge in [-0.15, -0.1) is 0 Å². The maximum atomic E-state index is 12.5. The van der Waals surface area contributed by atoms with E-state index < -0.39 is 12.3 Å². The van der Waals surface area contributed by atoms with E-state index in [1.165, 1.54) is 0 Å². The van der Waals surface area contributed by atoms with Crippen LogP contribution in [0.5, 0.6) is 11.5 Å². The number of allylic oxidation sites excluding steroid dienone is 2. The molecule has 0 aliphatic heterocycles. The van der Waals surface area contributed by atoms with E-state index in [2.05, 4.69) is 13.8 Å². The van der Waals surface area contributed by atoms with Crippen LogP contribution in [0.15, 0.2) is 72.8 Å². The predicted octanol–water partition coefficient (Wildman–Crippen LogP) is 8.52. The standard InChI is InChI=1S/C30H34O6/c1-3-5-7-9-15-21-33-29(31)35-27-23-17-11-13-19-25(23)28(26-20-14-12-18-24(26)27)36-30(32)34-22-16-10-8-6-4-2/h9-20H,3-8,21-22H2,1-2H3/b15-9+,16-10+. The van der Waals surface area contributed by atoms with Gasteiger partial charge in [0.2, 0.25) is 0 Å². The van der Waals surface area contributed by atoms with Crippen LogP contribution in [0, 0.1) is 0 Å². The fourth-order valence-corrected chi connectivity index (χ4v) is 3.74. The zero-order chi connectivity index (χ0) is 25.6. The molecule has 0 amide bonds. The van der Waals surface area contributed by atoms with Gasteiger partial charge in [0.05, 0.1) is 0 Å². The largest absolute Gasteiger partial charge is 0.514 e. The summed E-state index contributed by atoms with van der Waals surface area (Å²) in [6.07, 6.45) is 12.3. The van der Waals surface area contributed by atoms with E-state index in [1.54, 1.807) is 0 Å². The smallest absolute Gasteiger partial charge is 0.430 e. The first-order valence-corrected chi connectivity index (χ1v) is 12.6. The number of hydrogen-bond acceptors (Lipinski definition) is 6. The molecule has 0 saturated heterocycles. The lowest BCUT2D eigenvalue weighted by Gasteiger charge is -2.15. The van der Waals surface area contributed by atoms with E-state index in [4.69, 9.17) is 18.9 Å². The van der Waals surface area contributed by atoms with Crippen molar-refractivity contribution in [2.45, 2.75) is 52.4 Å². The van der Waals surface area contributed by atoms with E-state index in [0.717, 1.165) is 38.5 Å². The zero-order valence-electron chi connectivity index (χ0n) is 21.0. The van der Waals surface area contributed by atoms with Crippen LogP contribution in [0.3, 0.4) is 0 Å². The molecule has 0 aliphatic carbocycles. The Morgan fingerprint density at radius 1 is 0.611 bits per heavy atom. The highest BCUT2D eigenvalue weighted by Crippen LogP contribution is 2.42. The van der Waals surface area contributed by atoms with Crippen molar-refractivity contribution in [1.82, 2.24) is 0 Å². The highest BCUT2D eigenvalue weighted by molar-refractivity contribution is 6.12. The van der Waals surface area contributed by atoms with Crippen molar-refractivity contribution in [1.29, 1.82) is 0 Å². The molecule has 0 radical (unpaired) electrons. The normalized spacial score (nSPS) is 11.4. The third-order valence-corrected chi connectivity index (χ3v) is 5.58. The Balaban J connectivity index is 1.81. The van der Waals surface area contributed by atoms with Gasteiger partial charge in [0.25, 0.3) is 0 Å². The molecular weight excluding hydrogens is 456 g/mol. The van der Waals surface area contributed by atoms with Crippen molar-refractivity contribution < 1.29 is 28.5 Å². The molecule has 3 aromatic carbocycles. The molecule has 0 saturated carbocycles. The second-order valence-corrected chi connectivity index (χ2v) is 8.30. The van der Waals surface area contributed by atoms with Crippen LogP contribution in [-0.4, -0.2) is 25.5 Å². The van der Waals surface area contributed by atoms with Gasteiger partial charge in [-0.3, -0.25) is 0 Å². The second kappa shape index (κ2) is 14.6. The third-order valence-electron chi connectivity index (χ3n) is 5.58. The Morgan fingerprint density at radius 3 is 1.31 bits per heavy atom. The van der Waals surface area contributed by atoms with Crippen LogP contribution in [0.4, 0.5) is 9.59 Å². The summed E-state index contributed by atoms with van der Waals surface area (Å²) in [4.78, 5) is 24.9. The monoisotopic (exact) mass is 490 g/mol. The molecule has 3 aromatic rings. The number of carbonyl (C=O) groups is 2. The molecule has 0 bridgehead atoms. The fraction of sp³-hybridized carbons (Fsp3) is 0.333. The molecule has 0 heterocycles. The Bertz CT molecular complexity index is 1060. The highest BCUT2D eigenvalue weighted by Gasteiger charge is 2.20. The topological polar surface area (TPSA) is 71.1 Å². The molecular formula is C30H34O6. The Hall–Kier alpha value is -3.80. The first kappa shape index (κ1) is 26.8. The molecule has 190 valence electrons. The molecule has 3 rings (SSSR count). The van der Waals surface area contributed by atoms with Crippen molar-refractivity contribution in [3.8, 4) is 11.5 Å². The lowest BCUT2D eigenvalue weighted by atomic mass is 10.0. The van der Waals surface area contributed by atoms with Gasteiger partial charge in [-0.25, -0.2) is 9.59 Å². The van der Waals surface area contributed by atoms with Crippen LogP contribution < -0.4 is 9.47 Å². The molecule has 0 fully saturated rings. The van der Waals surface area contributed by atoms with Crippen molar-refractivity contribution >= 4 is 33.9 Å². The van der Waals surface area contributed by atoms with Crippen molar-refractivity contribution in [2.24, 2.45) is 0 Å². The van der Waals surface area contributed by atoms with Gasteiger partial charge in [0, 0.05) is 21.5 Å². The van der Waals surface area contributed by atoms with Gasteiger partial charge in [-0.05, 0) is 12.8 Å². The number of rotatable bonds is 12. The Kier molecular flexibility index (Phi) is 10.8. The maximum absolute atomic E-state index is 12.5. The van der Waals surface area contributed by atoms with E-state index in [9.17, 15) is 9.59 Å². The zero-order valence-corrected chi connectivity index (χ0v) is 21.0. The molecule has 6 heteroatoms. The summed E-state index contributed by atoms with van der Waals surface area (Å²) in [5, 5.41) is 2.48. The first-order chi connectivity index (χ1) is 17.7. The van der Waals surface area contributed by atoms with E-state index in [-0.39, 0.29) is 13.2 Å². The van der Waals surface area contributed by atoms with E-state index in [0.29, 0.717) is 33.0 Å². The van der Waals surface area contributed by atoms with Crippen LogP contribution in [-0.2, 0) is 9.47 Å². The predicted molar refractivity (Wildman–Crippen MR) is 143 cm³/mol. The van der Waals surface area contributed by atoms with Crippen LogP contribution in [0.25, 0.3) is 21.5 Å². The van der Waals surface area contributed by atoms with Gasteiger partial charge in [0.15, 0.2) is 0 Å². The quantitative estimate of drug-likeness (QED) is 0.0833. The van der Waals surface area contributed by atoms with Gasteiger partial charge >= 0.3 is 12.3 Å². The number of ether oxygens (including phenoxy) is 4. The van der Waals surface area contributed by atoms with Gasteiger partial charge < -0.3 is 18.9 Å². The minimum atomic E-state index is -0.798. The summed E-state index contributed by atoms with van der Waals surface area (Å²) in [5.74, 6) is 0.696. The summed E-state index contributed by atoms with van der Waals surface area (Å²) < 4.78 is 21.8. The maximum Gasteiger partial charge on any atom is 0.514 e. The molecule has 0 N–H and O–H groups in total. The SMILES string of the molecule is CCCC/C=C/COC(=O)Oc1c2ccccc2c(OC(=O)OC/C=C/CCCC)c2ccccc12. The Morgan fingerprint density at radius 2 is 0.972 bits per heavy atom. The average molecular weight is 491 g/mol. The number of unbranched alkanes of at least 4 members (excludes halogenated alkanes) is 4. The summed E-state index contributed by atoms with van der Waals surface area (Å²) >= 11 is 0. The Labute approximate surface area is 212 Å². The highest BCUT2D eigenvalue weighted by atomic mass is 16.7. The van der Waals surface area contributed by atoms with Gasteiger partial charge in [-0.2, -0.15) is 0 Å². The average Bonchev–Trinajstić information content (AvgIpc) is 2.90. The van der Waals surface area contributed by atoms with Gasteiger partial charge in [-0.1, -0.05) is 112 Å². The van der Waals surface area contributed by atoms with E-state index in [1.807, 2.05) is 72.8 Å². The third kappa shape index (κ3) is 7.60. The number of carbonyl (C=O) groups excluding carboxylic acids is 2. The summed E-state index contributed by atoms with van der Waals surface area (Å²) in [5.41, 5.74) is 0.